The summed E-state index contributed by atoms with van der Waals surface area (Å²) in [5.74, 6) is 0.494. The van der Waals surface area contributed by atoms with Crippen molar-refractivity contribution in [1.29, 1.82) is 0 Å². The molecule has 0 aromatic heterocycles. The van der Waals surface area contributed by atoms with Crippen molar-refractivity contribution in [2.75, 3.05) is 44.3 Å². The molecule has 5 nitrogen and oxygen atoms in total. The Kier molecular flexibility index (Phi) is 6.87. The van der Waals surface area contributed by atoms with Gasteiger partial charge in [0, 0.05) is 26.2 Å². The Morgan fingerprint density at radius 2 is 2.17 bits per heavy atom. The highest BCUT2D eigenvalue weighted by Crippen LogP contribution is 2.21. The summed E-state index contributed by atoms with van der Waals surface area (Å²) in [7, 11) is 0. The van der Waals surface area contributed by atoms with Crippen LogP contribution in [0.25, 0.3) is 0 Å². The Labute approximate surface area is 137 Å². The second-order valence-electron chi connectivity index (χ2n) is 5.25. The van der Waals surface area contributed by atoms with Gasteiger partial charge in [0.15, 0.2) is 5.96 Å². The summed E-state index contributed by atoms with van der Waals surface area (Å²) in [4.78, 5) is 6.47. The van der Waals surface area contributed by atoms with Crippen molar-refractivity contribution >= 4 is 11.6 Å². The van der Waals surface area contributed by atoms with Crippen molar-refractivity contribution in [2.24, 2.45) is 4.99 Å². The number of ether oxygens (including phenoxy) is 1. The van der Waals surface area contributed by atoms with Crippen molar-refractivity contribution in [2.45, 2.75) is 13.5 Å². The second kappa shape index (κ2) is 9.15. The molecule has 1 heterocycles. The largest absolute Gasteiger partial charge is 0.378 e. The van der Waals surface area contributed by atoms with E-state index in [4.69, 9.17) is 4.74 Å². The summed E-state index contributed by atoms with van der Waals surface area (Å²) < 4.78 is 19.6. The van der Waals surface area contributed by atoms with Crippen molar-refractivity contribution in [3.05, 3.63) is 42.2 Å². The molecular weight excluding hydrogens is 295 g/mol. The van der Waals surface area contributed by atoms with E-state index >= 15 is 0 Å². The lowest BCUT2D eigenvalue weighted by Gasteiger charge is -2.29. The Balaban J connectivity index is 2.02. The minimum Gasteiger partial charge on any atom is -0.378 e. The topological polar surface area (TPSA) is 48.9 Å². The highest BCUT2D eigenvalue weighted by atomic mass is 19.1. The summed E-state index contributed by atoms with van der Waals surface area (Å²) in [6.45, 7) is 10.2. The summed E-state index contributed by atoms with van der Waals surface area (Å²) in [5, 5.41) is 6.26. The van der Waals surface area contributed by atoms with Crippen LogP contribution in [-0.4, -0.2) is 45.4 Å². The van der Waals surface area contributed by atoms with E-state index in [1.807, 2.05) is 24.0 Å². The average Bonchev–Trinajstić information content (AvgIpc) is 2.58. The number of hydrogen-bond acceptors (Lipinski definition) is 3. The predicted molar refractivity (Wildman–Crippen MR) is 92.4 cm³/mol. The van der Waals surface area contributed by atoms with E-state index in [0.29, 0.717) is 38.0 Å². The van der Waals surface area contributed by atoms with Crippen molar-refractivity contribution in [3.8, 4) is 0 Å². The minimum atomic E-state index is -0.205. The van der Waals surface area contributed by atoms with E-state index in [1.165, 1.54) is 0 Å². The van der Waals surface area contributed by atoms with Crippen LogP contribution < -0.4 is 15.5 Å². The fourth-order valence-electron chi connectivity index (χ4n) is 2.39. The Hall–Kier alpha value is -2.08. The molecule has 0 bridgehead atoms. The fourth-order valence-corrected chi connectivity index (χ4v) is 2.39. The number of guanidine groups is 1. The normalized spacial score (nSPS) is 15.4. The van der Waals surface area contributed by atoms with Crippen LogP contribution in [0.5, 0.6) is 0 Å². The summed E-state index contributed by atoms with van der Waals surface area (Å²) in [6.07, 6.45) is 1.77. The first kappa shape index (κ1) is 17.3. The minimum absolute atomic E-state index is 0.205. The number of nitrogens with one attached hydrogen (secondary N) is 2. The van der Waals surface area contributed by atoms with Crippen molar-refractivity contribution in [3.63, 3.8) is 0 Å². The van der Waals surface area contributed by atoms with E-state index in [-0.39, 0.29) is 5.82 Å². The first-order valence-electron chi connectivity index (χ1n) is 7.98. The zero-order valence-corrected chi connectivity index (χ0v) is 13.6. The fraction of sp³-hybridized carbons (Fsp3) is 0.471. The van der Waals surface area contributed by atoms with Gasteiger partial charge in [0.2, 0.25) is 0 Å². The highest BCUT2D eigenvalue weighted by molar-refractivity contribution is 5.79. The van der Waals surface area contributed by atoms with E-state index in [9.17, 15) is 4.39 Å². The molecule has 1 saturated heterocycles. The number of hydrogen-bond donors (Lipinski definition) is 2. The third kappa shape index (κ3) is 5.25. The highest BCUT2D eigenvalue weighted by Gasteiger charge is 2.15. The molecule has 1 fully saturated rings. The van der Waals surface area contributed by atoms with E-state index in [2.05, 4.69) is 22.2 Å². The maximum Gasteiger partial charge on any atom is 0.191 e. The third-order valence-corrected chi connectivity index (χ3v) is 3.54. The Morgan fingerprint density at radius 3 is 2.83 bits per heavy atom. The van der Waals surface area contributed by atoms with Crippen LogP contribution in [0.3, 0.4) is 0 Å². The zero-order chi connectivity index (χ0) is 16.5. The maximum absolute atomic E-state index is 14.3. The number of benzene rings is 1. The number of anilines is 1. The molecule has 1 aliphatic rings. The molecule has 0 atom stereocenters. The van der Waals surface area contributed by atoms with Crippen LogP contribution in [-0.2, 0) is 11.3 Å². The molecule has 23 heavy (non-hydrogen) atoms. The van der Waals surface area contributed by atoms with Gasteiger partial charge in [-0.15, -0.1) is 6.58 Å². The van der Waals surface area contributed by atoms with Crippen LogP contribution in [0, 0.1) is 5.82 Å². The molecule has 126 valence electrons. The van der Waals surface area contributed by atoms with Gasteiger partial charge >= 0.3 is 0 Å². The lowest BCUT2D eigenvalue weighted by Crippen LogP contribution is -2.37. The summed E-state index contributed by atoms with van der Waals surface area (Å²) in [6, 6.07) is 5.31. The van der Waals surface area contributed by atoms with E-state index in [0.717, 1.165) is 25.2 Å². The quantitative estimate of drug-likeness (QED) is 0.477. The van der Waals surface area contributed by atoms with Gasteiger partial charge in [0.05, 0.1) is 25.4 Å². The van der Waals surface area contributed by atoms with Crippen LogP contribution in [0.4, 0.5) is 10.1 Å². The van der Waals surface area contributed by atoms with Crippen LogP contribution in [0.2, 0.25) is 0 Å². The zero-order valence-electron chi connectivity index (χ0n) is 13.6. The summed E-state index contributed by atoms with van der Waals surface area (Å²) in [5.41, 5.74) is 1.48. The van der Waals surface area contributed by atoms with Gasteiger partial charge in [0.25, 0.3) is 0 Å². The lowest BCUT2D eigenvalue weighted by molar-refractivity contribution is 0.122. The first-order valence-corrected chi connectivity index (χ1v) is 7.98. The van der Waals surface area contributed by atoms with Gasteiger partial charge in [-0.25, -0.2) is 9.38 Å². The molecule has 0 saturated carbocycles. The molecule has 1 aromatic rings. The number of aliphatic imine (C=N–C) groups is 1. The van der Waals surface area contributed by atoms with Crippen LogP contribution in [0.15, 0.2) is 35.8 Å². The molecule has 0 unspecified atom stereocenters. The molecule has 0 amide bonds. The Bertz CT molecular complexity index is 541. The average molecular weight is 320 g/mol. The van der Waals surface area contributed by atoms with Crippen molar-refractivity contribution in [1.82, 2.24) is 10.6 Å². The summed E-state index contributed by atoms with van der Waals surface area (Å²) >= 11 is 0. The van der Waals surface area contributed by atoms with Gasteiger partial charge in [-0.3, -0.25) is 0 Å². The van der Waals surface area contributed by atoms with Crippen molar-refractivity contribution < 1.29 is 9.13 Å². The molecule has 0 aliphatic carbocycles. The molecule has 6 heteroatoms. The lowest BCUT2D eigenvalue weighted by atomic mass is 10.1. The first-order chi connectivity index (χ1) is 11.2. The van der Waals surface area contributed by atoms with Gasteiger partial charge < -0.3 is 20.3 Å². The molecule has 2 rings (SSSR count). The van der Waals surface area contributed by atoms with Gasteiger partial charge in [0.1, 0.15) is 5.82 Å². The molecular formula is C17H25FN4O. The van der Waals surface area contributed by atoms with Gasteiger partial charge in [-0.05, 0) is 24.6 Å². The smallest absolute Gasteiger partial charge is 0.191 e. The van der Waals surface area contributed by atoms with Gasteiger partial charge in [-0.2, -0.15) is 0 Å². The molecule has 0 spiro atoms. The van der Waals surface area contributed by atoms with Crippen LogP contribution in [0.1, 0.15) is 12.5 Å². The van der Waals surface area contributed by atoms with Crippen LogP contribution >= 0.6 is 0 Å². The monoisotopic (exact) mass is 320 g/mol. The SMILES string of the molecule is C=CCNC(=NCc1ccc(N2CCOCC2)c(F)c1)NCC. The Morgan fingerprint density at radius 1 is 1.39 bits per heavy atom. The number of morpholine rings is 1. The molecule has 2 N–H and O–H groups in total. The van der Waals surface area contributed by atoms with Gasteiger partial charge in [-0.1, -0.05) is 12.1 Å². The second-order valence-corrected chi connectivity index (χ2v) is 5.25. The maximum atomic E-state index is 14.3. The van der Waals surface area contributed by atoms with E-state index < -0.39 is 0 Å². The number of halogens is 1. The van der Waals surface area contributed by atoms with E-state index in [1.54, 1.807) is 12.1 Å². The molecule has 1 aromatic carbocycles. The standard InChI is InChI=1S/C17H25FN4O/c1-3-7-20-17(19-4-2)21-13-14-5-6-16(15(18)12-14)22-8-10-23-11-9-22/h3,5-6,12H,1,4,7-11,13H2,2H3,(H2,19,20,21). The number of rotatable bonds is 6. The predicted octanol–water partition coefficient (Wildman–Crippen LogP) is 1.90. The molecule has 0 radical (unpaired) electrons. The third-order valence-electron chi connectivity index (χ3n) is 3.54. The molecule has 1 aliphatic heterocycles. The number of nitrogens with zero attached hydrogens (tertiary/aromatic N) is 2.